The summed E-state index contributed by atoms with van der Waals surface area (Å²) in [5, 5.41) is 4.04. The summed E-state index contributed by atoms with van der Waals surface area (Å²) in [5.41, 5.74) is 10.2. The second-order valence-corrected chi connectivity index (χ2v) is 8.78. The topological polar surface area (TPSA) is 12.0 Å². The number of hydrogen-bond donors (Lipinski definition) is 1. The zero-order valence-corrected chi connectivity index (χ0v) is 21.3. The monoisotopic (exact) mass is 437 g/mol. The van der Waals surface area contributed by atoms with Crippen molar-refractivity contribution in [3.8, 4) is 0 Å². The third-order valence-corrected chi connectivity index (χ3v) is 5.83. The molecule has 0 aliphatic heterocycles. The molecule has 0 fully saturated rings. The smallest absolute Gasteiger partial charge is 0.0438 e. The van der Waals surface area contributed by atoms with Gasteiger partial charge in [-0.05, 0) is 80.9 Å². The van der Waals surface area contributed by atoms with E-state index in [1.165, 1.54) is 39.0 Å². The number of halogens is 1. The first-order valence-corrected chi connectivity index (χ1v) is 11.5. The van der Waals surface area contributed by atoms with Crippen molar-refractivity contribution in [1.82, 2.24) is 5.32 Å². The van der Waals surface area contributed by atoms with Crippen molar-refractivity contribution in [1.29, 1.82) is 0 Å². The molecule has 0 amide bonds. The van der Waals surface area contributed by atoms with Gasteiger partial charge in [-0.3, -0.25) is 0 Å². The van der Waals surface area contributed by atoms with Crippen LogP contribution in [0.4, 0.5) is 0 Å². The summed E-state index contributed by atoms with van der Waals surface area (Å²) in [6.07, 6.45) is 5.10. The third kappa shape index (κ3) is 8.42. The molecule has 0 radical (unpaired) electrons. The summed E-state index contributed by atoms with van der Waals surface area (Å²) < 4.78 is 0. The Kier molecular flexibility index (Phi) is 11.4. The first-order valence-electron chi connectivity index (χ1n) is 11.2. The van der Waals surface area contributed by atoms with Gasteiger partial charge in [-0.25, -0.2) is 0 Å². The van der Waals surface area contributed by atoms with Gasteiger partial charge in [0.05, 0.1) is 0 Å². The molecule has 0 aromatic heterocycles. The molecule has 2 aromatic carbocycles. The number of nitrogens with one attached hydrogen (secondary N) is 1. The van der Waals surface area contributed by atoms with Crippen LogP contribution in [0.1, 0.15) is 67.9 Å². The number of aryl methyl sites for hydroxylation is 4. The number of benzene rings is 2. The molecule has 0 saturated carbocycles. The minimum Gasteiger partial charge on any atom is -0.394 e. The number of allylic oxidation sites excluding steroid dienone is 3. The van der Waals surface area contributed by atoms with E-state index in [4.69, 9.17) is 11.6 Å². The van der Waals surface area contributed by atoms with Gasteiger partial charge in [0, 0.05) is 24.2 Å². The Bertz CT molecular complexity index is 920. The lowest BCUT2D eigenvalue weighted by molar-refractivity contribution is 0.774. The van der Waals surface area contributed by atoms with Crippen LogP contribution >= 0.6 is 11.6 Å². The lowest BCUT2D eigenvalue weighted by atomic mass is 9.82. The molecule has 1 nitrogen and oxygen atoms in total. The average Bonchev–Trinajstić information content (AvgIpc) is 2.73. The van der Waals surface area contributed by atoms with Crippen LogP contribution in [0.15, 0.2) is 72.5 Å². The normalized spacial score (nSPS) is 11.9. The summed E-state index contributed by atoms with van der Waals surface area (Å²) in [4.78, 5) is 0. The van der Waals surface area contributed by atoms with Crippen LogP contribution in [0.25, 0.3) is 0 Å². The average molecular weight is 438 g/mol. The molecule has 168 valence electrons. The van der Waals surface area contributed by atoms with E-state index < -0.39 is 0 Å². The van der Waals surface area contributed by atoms with Crippen molar-refractivity contribution in [2.24, 2.45) is 0 Å². The first kappa shape index (κ1) is 26.8. The molecule has 0 spiro atoms. The lowest BCUT2D eigenvalue weighted by Crippen LogP contribution is -2.09. The Morgan fingerprint density at radius 3 is 2.13 bits per heavy atom. The summed E-state index contributed by atoms with van der Waals surface area (Å²) in [6, 6.07) is 12.9. The molecule has 2 aromatic rings. The fourth-order valence-electron chi connectivity index (χ4n) is 3.70. The Morgan fingerprint density at radius 2 is 1.65 bits per heavy atom. The van der Waals surface area contributed by atoms with Gasteiger partial charge in [-0.15, -0.1) is 6.58 Å². The summed E-state index contributed by atoms with van der Waals surface area (Å²) >= 11 is 5.90. The molecular formula is C29H40ClN. The molecule has 0 bridgehead atoms. The van der Waals surface area contributed by atoms with Gasteiger partial charge >= 0.3 is 0 Å². The predicted octanol–water partition coefficient (Wildman–Crippen LogP) is 8.50. The van der Waals surface area contributed by atoms with Gasteiger partial charge in [0.2, 0.25) is 0 Å². The highest BCUT2D eigenvalue weighted by Gasteiger charge is 2.18. The molecule has 1 atom stereocenters. The minimum atomic E-state index is 0.318. The second-order valence-electron chi connectivity index (χ2n) is 8.37. The van der Waals surface area contributed by atoms with Gasteiger partial charge in [0.1, 0.15) is 0 Å². The number of hydrogen-bond acceptors (Lipinski definition) is 1. The zero-order chi connectivity index (χ0) is 23.6. The maximum Gasteiger partial charge on any atom is 0.0438 e. The minimum absolute atomic E-state index is 0.318. The number of rotatable bonds is 8. The van der Waals surface area contributed by atoms with E-state index in [-0.39, 0.29) is 0 Å². The van der Waals surface area contributed by atoms with Crippen LogP contribution in [0.5, 0.6) is 0 Å². The molecule has 31 heavy (non-hydrogen) atoms. The second kappa shape index (κ2) is 13.2. The van der Waals surface area contributed by atoms with E-state index in [2.05, 4.69) is 90.5 Å². The van der Waals surface area contributed by atoms with Gasteiger partial charge in [0.25, 0.3) is 0 Å². The van der Waals surface area contributed by atoms with E-state index in [0.29, 0.717) is 5.92 Å². The van der Waals surface area contributed by atoms with Crippen LogP contribution in [-0.4, -0.2) is 7.05 Å². The van der Waals surface area contributed by atoms with Gasteiger partial charge in [0.15, 0.2) is 0 Å². The lowest BCUT2D eigenvalue weighted by Gasteiger charge is -2.23. The zero-order valence-electron chi connectivity index (χ0n) is 20.5. The maximum atomic E-state index is 5.90. The molecule has 1 unspecified atom stereocenters. The van der Waals surface area contributed by atoms with E-state index in [0.717, 1.165) is 29.9 Å². The SMILES string of the molecule is C=C(C)CC(/C(=C/NC)C(=C)C)c1ccc(C)c(CC)c1.CCc1cc(C)ccc1Cl. The van der Waals surface area contributed by atoms with E-state index >= 15 is 0 Å². The van der Waals surface area contributed by atoms with Crippen LogP contribution in [0.3, 0.4) is 0 Å². The van der Waals surface area contributed by atoms with Crippen molar-refractivity contribution < 1.29 is 0 Å². The van der Waals surface area contributed by atoms with Crippen molar-refractivity contribution >= 4 is 11.6 Å². The van der Waals surface area contributed by atoms with Crippen molar-refractivity contribution in [2.45, 2.75) is 66.7 Å². The van der Waals surface area contributed by atoms with Crippen molar-refractivity contribution in [3.63, 3.8) is 0 Å². The van der Waals surface area contributed by atoms with E-state index in [1.807, 2.05) is 19.2 Å². The molecule has 2 rings (SSSR count). The highest BCUT2D eigenvalue weighted by Crippen LogP contribution is 2.34. The Morgan fingerprint density at radius 1 is 1.00 bits per heavy atom. The van der Waals surface area contributed by atoms with E-state index in [1.54, 1.807) is 0 Å². The molecule has 0 aliphatic carbocycles. The third-order valence-electron chi connectivity index (χ3n) is 5.46. The maximum absolute atomic E-state index is 5.90. The fraction of sp³-hybridized carbons (Fsp3) is 0.379. The molecule has 0 saturated heterocycles. The molecule has 2 heteroatoms. The van der Waals surface area contributed by atoms with Gasteiger partial charge in [-0.2, -0.15) is 0 Å². The van der Waals surface area contributed by atoms with Crippen LogP contribution in [0.2, 0.25) is 5.02 Å². The quantitative estimate of drug-likeness (QED) is 0.322. The van der Waals surface area contributed by atoms with Crippen molar-refractivity contribution in [3.05, 3.63) is 105 Å². The summed E-state index contributed by atoms with van der Waals surface area (Å²) in [7, 11) is 1.94. The largest absolute Gasteiger partial charge is 0.394 e. The summed E-state index contributed by atoms with van der Waals surface area (Å²) in [6.45, 7) is 21.0. The summed E-state index contributed by atoms with van der Waals surface area (Å²) in [5.74, 6) is 0.318. The van der Waals surface area contributed by atoms with Gasteiger partial charge in [-0.1, -0.05) is 79.1 Å². The highest BCUT2D eigenvalue weighted by atomic mass is 35.5. The molecule has 1 N–H and O–H groups in total. The Hall–Kier alpha value is -2.25. The fourth-order valence-corrected chi connectivity index (χ4v) is 3.95. The Labute approximate surface area is 195 Å². The van der Waals surface area contributed by atoms with E-state index in [9.17, 15) is 0 Å². The molecule has 0 aliphatic rings. The van der Waals surface area contributed by atoms with Crippen LogP contribution in [0, 0.1) is 13.8 Å². The highest BCUT2D eigenvalue weighted by molar-refractivity contribution is 6.31. The molecule has 0 heterocycles. The van der Waals surface area contributed by atoms with Crippen LogP contribution < -0.4 is 5.32 Å². The van der Waals surface area contributed by atoms with Crippen molar-refractivity contribution in [2.75, 3.05) is 7.05 Å². The first-order chi connectivity index (χ1) is 14.6. The standard InChI is InChI=1S/C20H29N.C9H11Cl/c1-8-17-12-18(10-9-16(17)6)19(11-14(2)3)20(13-21-7)15(4)5;1-3-8-6-7(2)4-5-9(8)10/h9-10,12-13,19,21H,2,4,8,11H2,1,3,5-7H3;4-6H,3H2,1-2H3/b20-13+;. The molecular weight excluding hydrogens is 398 g/mol. The van der Waals surface area contributed by atoms with Gasteiger partial charge < -0.3 is 5.32 Å². The van der Waals surface area contributed by atoms with Crippen LogP contribution in [-0.2, 0) is 12.8 Å². The Balaban J connectivity index is 0.000000399. The predicted molar refractivity (Wildman–Crippen MR) is 140 cm³/mol.